The third kappa shape index (κ3) is 2.23. The van der Waals surface area contributed by atoms with Crippen molar-refractivity contribution in [2.45, 2.75) is 33.6 Å². The Bertz CT molecular complexity index is 549. The number of fused-ring (bicyclic) bond motifs is 1. The molecular formula is C14H18N2O. The molecule has 3 heteroatoms. The summed E-state index contributed by atoms with van der Waals surface area (Å²) < 4.78 is 5.44. The number of rotatable bonds is 3. The van der Waals surface area contributed by atoms with E-state index in [0.29, 0.717) is 0 Å². The molecule has 1 heterocycles. The topological polar surface area (TPSA) is 35.0 Å². The first-order chi connectivity index (χ1) is 8.15. The number of methoxy groups -OCH3 is 1. The maximum Gasteiger partial charge on any atom is 0.126 e. The van der Waals surface area contributed by atoms with Gasteiger partial charge in [-0.05, 0) is 38.0 Å². The molecule has 0 saturated carbocycles. The van der Waals surface area contributed by atoms with E-state index in [1.807, 2.05) is 13.8 Å². The van der Waals surface area contributed by atoms with Crippen molar-refractivity contribution in [1.82, 2.24) is 9.97 Å². The van der Waals surface area contributed by atoms with Crippen molar-refractivity contribution in [2.75, 3.05) is 7.11 Å². The first-order valence-corrected chi connectivity index (χ1v) is 5.97. The van der Waals surface area contributed by atoms with Gasteiger partial charge in [0.25, 0.3) is 0 Å². The number of hydrogen-bond donors (Lipinski definition) is 0. The smallest absolute Gasteiger partial charge is 0.126 e. The molecule has 1 aromatic heterocycles. The zero-order valence-corrected chi connectivity index (χ0v) is 10.9. The predicted octanol–water partition coefficient (Wildman–Crippen LogP) is 3.21. The van der Waals surface area contributed by atoms with Crippen molar-refractivity contribution in [3.05, 3.63) is 29.2 Å². The maximum absolute atomic E-state index is 5.44. The fourth-order valence-electron chi connectivity index (χ4n) is 2.15. The van der Waals surface area contributed by atoms with Crippen LogP contribution in [-0.2, 0) is 6.42 Å². The first-order valence-electron chi connectivity index (χ1n) is 5.97. The van der Waals surface area contributed by atoms with Crippen molar-refractivity contribution in [3.63, 3.8) is 0 Å². The standard InChI is InChI=1S/C14H18N2O/c1-5-6-11-7-13-12(8-14(11)17-4)9(2)15-10(3)16-13/h7-8H,5-6H2,1-4H3. The van der Waals surface area contributed by atoms with Gasteiger partial charge in [-0.3, -0.25) is 0 Å². The van der Waals surface area contributed by atoms with Gasteiger partial charge >= 0.3 is 0 Å². The van der Waals surface area contributed by atoms with Crippen molar-refractivity contribution >= 4 is 10.9 Å². The Labute approximate surface area is 102 Å². The van der Waals surface area contributed by atoms with Gasteiger partial charge in [-0.15, -0.1) is 0 Å². The molecule has 0 N–H and O–H groups in total. The van der Waals surface area contributed by atoms with E-state index in [1.54, 1.807) is 7.11 Å². The number of benzene rings is 1. The summed E-state index contributed by atoms with van der Waals surface area (Å²) in [7, 11) is 1.71. The second-order valence-electron chi connectivity index (χ2n) is 4.29. The molecule has 0 atom stereocenters. The normalized spacial score (nSPS) is 10.8. The summed E-state index contributed by atoms with van der Waals surface area (Å²) in [6, 6.07) is 4.18. The molecule has 0 aliphatic carbocycles. The van der Waals surface area contributed by atoms with E-state index in [-0.39, 0.29) is 0 Å². The van der Waals surface area contributed by atoms with Crippen LogP contribution in [0.15, 0.2) is 12.1 Å². The Kier molecular flexibility index (Phi) is 3.27. The van der Waals surface area contributed by atoms with Gasteiger partial charge in [0.05, 0.1) is 12.6 Å². The summed E-state index contributed by atoms with van der Waals surface area (Å²) in [5.74, 6) is 1.76. The molecule has 0 saturated heterocycles. The Morgan fingerprint density at radius 1 is 1.18 bits per heavy atom. The lowest BCUT2D eigenvalue weighted by Gasteiger charge is -2.10. The highest BCUT2D eigenvalue weighted by atomic mass is 16.5. The molecule has 1 aromatic carbocycles. The molecule has 0 unspecified atom stereocenters. The molecule has 0 amide bonds. The summed E-state index contributed by atoms with van der Waals surface area (Å²) in [5.41, 5.74) is 3.24. The summed E-state index contributed by atoms with van der Waals surface area (Å²) in [6.45, 7) is 6.10. The highest BCUT2D eigenvalue weighted by molar-refractivity contribution is 5.83. The van der Waals surface area contributed by atoms with Crippen molar-refractivity contribution in [1.29, 1.82) is 0 Å². The summed E-state index contributed by atoms with van der Waals surface area (Å²) >= 11 is 0. The molecule has 0 bridgehead atoms. The van der Waals surface area contributed by atoms with E-state index in [1.165, 1.54) is 5.56 Å². The SMILES string of the molecule is CCCc1cc2nc(C)nc(C)c2cc1OC. The predicted molar refractivity (Wildman–Crippen MR) is 69.6 cm³/mol. The van der Waals surface area contributed by atoms with Gasteiger partial charge in [0.15, 0.2) is 0 Å². The number of nitrogens with zero attached hydrogens (tertiary/aromatic N) is 2. The minimum absolute atomic E-state index is 0.822. The van der Waals surface area contributed by atoms with Crippen LogP contribution in [0.5, 0.6) is 5.75 Å². The molecule has 0 fully saturated rings. The maximum atomic E-state index is 5.44. The Hall–Kier alpha value is -1.64. The van der Waals surface area contributed by atoms with Gasteiger partial charge in [0.1, 0.15) is 11.6 Å². The molecule has 3 nitrogen and oxygen atoms in total. The van der Waals surface area contributed by atoms with Crippen LogP contribution in [0.3, 0.4) is 0 Å². The van der Waals surface area contributed by atoms with Crippen LogP contribution >= 0.6 is 0 Å². The van der Waals surface area contributed by atoms with Gasteiger partial charge in [0.2, 0.25) is 0 Å². The largest absolute Gasteiger partial charge is 0.496 e. The van der Waals surface area contributed by atoms with Gasteiger partial charge in [-0.25, -0.2) is 9.97 Å². The highest BCUT2D eigenvalue weighted by Gasteiger charge is 2.08. The molecule has 0 radical (unpaired) electrons. The first kappa shape index (κ1) is 11.8. The lowest BCUT2D eigenvalue weighted by molar-refractivity contribution is 0.410. The van der Waals surface area contributed by atoms with E-state index in [2.05, 4.69) is 29.0 Å². The zero-order chi connectivity index (χ0) is 12.4. The number of ether oxygens (including phenoxy) is 1. The number of aryl methyl sites for hydroxylation is 3. The van der Waals surface area contributed by atoms with Crippen molar-refractivity contribution in [3.8, 4) is 5.75 Å². The third-order valence-electron chi connectivity index (χ3n) is 2.92. The van der Waals surface area contributed by atoms with E-state index in [4.69, 9.17) is 4.74 Å². The fourth-order valence-corrected chi connectivity index (χ4v) is 2.15. The van der Waals surface area contributed by atoms with Gasteiger partial charge in [0, 0.05) is 11.1 Å². The van der Waals surface area contributed by atoms with Crippen LogP contribution in [0.1, 0.15) is 30.4 Å². The average molecular weight is 230 g/mol. The van der Waals surface area contributed by atoms with Crippen LogP contribution in [0, 0.1) is 13.8 Å². The van der Waals surface area contributed by atoms with Gasteiger partial charge in [-0.2, -0.15) is 0 Å². The second-order valence-corrected chi connectivity index (χ2v) is 4.29. The van der Waals surface area contributed by atoms with E-state index in [9.17, 15) is 0 Å². The minimum Gasteiger partial charge on any atom is -0.496 e. The highest BCUT2D eigenvalue weighted by Crippen LogP contribution is 2.27. The Morgan fingerprint density at radius 3 is 2.59 bits per heavy atom. The molecule has 90 valence electrons. The van der Waals surface area contributed by atoms with Gasteiger partial charge in [-0.1, -0.05) is 13.3 Å². The van der Waals surface area contributed by atoms with Crippen LogP contribution in [0.2, 0.25) is 0 Å². The molecule has 2 rings (SSSR count). The van der Waals surface area contributed by atoms with Crippen molar-refractivity contribution in [2.24, 2.45) is 0 Å². The monoisotopic (exact) mass is 230 g/mol. The molecule has 0 aliphatic heterocycles. The van der Waals surface area contributed by atoms with E-state index >= 15 is 0 Å². The third-order valence-corrected chi connectivity index (χ3v) is 2.92. The van der Waals surface area contributed by atoms with Crippen LogP contribution < -0.4 is 4.74 Å². The number of hydrogen-bond acceptors (Lipinski definition) is 3. The zero-order valence-electron chi connectivity index (χ0n) is 10.9. The lowest BCUT2D eigenvalue weighted by Crippen LogP contribution is -1.97. The summed E-state index contributed by atoms with van der Waals surface area (Å²) in [4.78, 5) is 8.87. The number of aromatic nitrogens is 2. The van der Waals surface area contributed by atoms with E-state index in [0.717, 1.165) is 41.0 Å². The summed E-state index contributed by atoms with van der Waals surface area (Å²) in [6.07, 6.45) is 2.12. The van der Waals surface area contributed by atoms with Crippen LogP contribution in [-0.4, -0.2) is 17.1 Å². The van der Waals surface area contributed by atoms with Gasteiger partial charge < -0.3 is 4.74 Å². The van der Waals surface area contributed by atoms with E-state index < -0.39 is 0 Å². The molecule has 2 aromatic rings. The summed E-state index contributed by atoms with van der Waals surface area (Å²) in [5, 5.41) is 1.08. The minimum atomic E-state index is 0.822. The lowest BCUT2D eigenvalue weighted by atomic mass is 10.1. The molecule has 17 heavy (non-hydrogen) atoms. The van der Waals surface area contributed by atoms with Crippen molar-refractivity contribution < 1.29 is 4.74 Å². The second kappa shape index (κ2) is 4.70. The Balaban J connectivity index is 2.69. The Morgan fingerprint density at radius 2 is 1.94 bits per heavy atom. The average Bonchev–Trinajstić information content (AvgIpc) is 2.28. The quantitative estimate of drug-likeness (QED) is 0.812. The molecule has 0 spiro atoms. The van der Waals surface area contributed by atoms with Crippen LogP contribution in [0.25, 0.3) is 10.9 Å². The van der Waals surface area contributed by atoms with Crippen LogP contribution in [0.4, 0.5) is 0 Å². The molecule has 0 aliphatic rings. The fraction of sp³-hybridized carbons (Fsp3) is 0.429. The molecular weight excluding hydrogens is 212 g/mol.